The normalized spacial score (nSPS) is 11.4. The van der Waals surface area contributed by atoms with Gasteiger partial charge in [-0.3, -0.25) is 0 Å². The average Bonchev–Trinajstić information content (AvgIpc) is 3.11. The van der Waals surface area contributed by atoms with Crippen LogP contribution in [0.15, 0.2) is 24.3 Å². The molecule has 1 rings (SSSR count). The van der Waals surface area contributed by atoms with Gasteiger partial charge in [-0.05, 0) is 65.2 Å². The lowest BCUT2D eigenvalue weighted by molar-refractivity contribution is -0.941. The van der Waals surface area contributed by atoms with Crippen molar-refractivity contribution in [3.05, 3.63) is 35.4 Å². The summed E-state index contributed by atoms with van der Waals surface area (Å²) in [6.07, 6.45) is 33.8. The SMILES string of the molecule is CC(=O)[O-].CC(=O)[O-].CCCCCCCCCCCC[N+](CCC)(CCC)Cc1ccc(C[N+](CCC)(CCC)CCCCCCCCCCCC)cc1. The number of unbranched alkanes of at least 4 members (excludes halogenated alkanes) is 18. The summed E-state index contributed by atoms with van der Waals surface area (Å²) in [4.78, 5) is 17.8. The minimum Gasteiger partial charge on any atom is -0.550 e. The molecule has 0 fully saturated rings. The highest BCUT2D eigenvalue weighted by Gasteiger charge is 2.27. The maximum absolute atomic E-state index is 8.89. The summed E-state index contributed by atoms with van der Waals surface area (Å²) >= 11 is 0. The molecule has 0 aliphatic rings. The molecule has 0 bridgehead atoms. The maximum Gasteiger partial charge on any atom is 0.104 e. The third kappa shape index (κ3) is 33.4. The van der Waals surface area contributed by atoms with Crippen molar-refractivity contribution in [3.8, 4) is 0 Å². The largest absolute Gasteiger partial charge is 0.550 e. The molecule has 0 saturated heterocycles. The first-order valence-corrected chi connectivity index (χ1v) is 23.1. The second-order valence-electron chi connectivity index (χ2n) is 16.5. The van der Waals surface area contributed by atoms with Crippen LogP contribution < -0.4 is 10.2 Å². The molecular formula is C48H92N2O4. The van der Waals surface area contributed by atoms with Crippen molar-refractivity contribution in [3.63, 3.8) is 0 Å². The van der Waals surface area contributed by atoms with Gasteiger partial charge in [0.1, 0.15) is 13.1 Å². The highest BCUT2D eigenvalue weighted by molar-refractivity contribution is 5.60. The number of hydrogen-bond donors (Lipinski definition) is 0. The fourth-order valence-electron chi connectivity index (χ4n) is 8.44. The van der Waals surface area contributed by atoms with Gasteiger partial charge in [0.05, 0.1) is 39.3 Å². The monoisotopic (exact) mass is 761 g/mol. The first kappa shape index (κ1) is 54.2. The van der Waals surface area contributed by atoms with Crippen molar-refractivity contribution in [2.24, 2.45) is 0 Å². The molecule has 1 aromatic rings. The quantitative estimate of drug-likeness (QED) is 0.0517. The van der Waals surface area contributed by atoms with Crippen LogP contribution in [0.2, 0.25) is 0 Å². The molecule has 0 atom stereocenters. The summed E-state index contributed by atoms with van der Waals surface area (Å²) in [7, 11) is 0. The number of carboxylic acids is 2. The molecular weight excluding hydrogens is 669 g/mol. The maximum atomic E-state index is 8.89. The Bertz CT molecular complexity index is 867. The Labute approximate surface area is 337 Å². The van der Waals surface area contributed by atoms with Gasteiger partial charge in [0, 0.05) is 23.1 Å². The van der Waals surface area contributed by atoms with Crippen LogP contribution in [0.5, 0.6) is 0 Å². The van der Waals surface area contributed by atoms with Crippen molar-refractivity contribution in [2.45, 2.75) is 223 Å². The Kier molecular flexibility index (Phi) is 38.1. The van der Waals surface area contributed by atoms with E-state index in [0.29, 0.717) is 0 Å². The van der Waals surface area contributed by atoms with E-state index in [4.69, 9.17) is 19.8 Å². The fourth-order valence-corrected chi connectivity index (χ4v) is 8.44. The van der Waals surface area contributed by atoms with Gasteiger partial charge in [-0.2, -0.15) is 0 Å². The zero-order valence-corrected chi connectivity index (χ0v) is 37.5. The van der Waals surface area contributed by atoms with E-state index < -0.39 is 11.9 Å². The van der Waals surface area contributed by atoms with E-state index in [2.05, 4.69) is 65.8 Å². The molecule has 0 heterocycles. The van der Waals surface area contributed by atoms with Gasteiger partial charge in [0.2, 0.25) is 0 Å². The number of hydrogen-bond acceptors (Lipinski definition) is 4. The number of nitrogens with zero attached hydrogens (tertiary/aromatic N) is 2. The molecule has 0 unspecified atom stereocenters. The Balaban J connectivity index is 0. The Hall–Kier alpha value is -1.92. The van der Waals surface area contributed by atoms with Crippen molar-refractivity contribution in [1.29, 1.82) is 0 Å². The van der Waals surface area contributed by atoms with E-state index >= 15 is 0 Å². The van der Waals surface area contributed by atoms with Crippen LogP contribution in [0.1, 0.15) is 221 Å². The smallest absolute Gasteiger partial charge is 0.104 e. The third-order valence-electron chi connectivity index (χ3n) is 10.8. The summed E-state index contributed by atoms with van der Waals surface area (Å²) < 4.78 is 2.60. The summed E-state index contributed by atoms with van der Waals surface area (Å²) in [5, 5.41) is 17.8. The van der Waals surface area contributed by atoms with Gasteiger partial charge >= 0.3 is 0 Å². The van der Waals surface area contributed by atoms with Gasteiger partial charge in [-0.1, -0.05) is 169 Å². The number of carbonyl (C=O) groups is 2. The first-order valence-electron chi connectivity index (χ1n) is 23.1. The van der Waals surface area contributed by atoms with Crippen molar-refractivity contribution >= 4 is 11.9 Å². The Morgan fingerprint density at radius 2 is 0.574 bits per heavy atom. The number of carboxylic acid groups (broad SMARTS) is 2. The highest BCUT2D eigenvalue weighted by Crippen LogP contribution is 2.23. The predicted molar refractivity (Wildman–Crippen MR) is 230 cm³/mol. The second kappa shape index (κ2) is 38.0. The molecule has 318 valence electrons. The summed E-state index contributed by atoms with van der Waals surface area (Å²) in [5.74, 6) is -2.17. The number of quaternary nitrogens is 2. The molecule has 6 heteroatoms. The van der Waals surface area contributed by atoms with Gasteiger partial charge in [0.25, 0.3) is 0 Å². The van der Waals surface area contributed by atoms with Crippen LogP contribution in [-0.2, 0) is 22.7 Å². The minimum atomic E-state index is -1.08. The minimum absolute atomic E-state index is 0.972. The molecule has 0 N–H and O–H groups in total. The topological polar surface area (TPSA) is 80.3 Å². The number of benzene rings is 1. The van der Waals surface area contributed by atoms with E-state index in [9.17, 15) is 0 Å². The Morgan fingerprint density at radius 1 is 0.370 bits per heavy atom. The Morgan fingerprint density at radius 3 is 0.778 bits per heavy atom. The summed E-state index contributed by atoms with van der Waals surface area (Å²) in [6.45, 7) is 26.7. The molecule has 0 saturated carbocycles. The lowest BCUT2D eigenvalue weighted by Crippen LogP contribution is -2.49. The standard InChI is InChI=1S/C44H86N2.2C2H4O2/c1-7-13-15-17-19-21-23-25-27-29-39-45(35-9-3,36-10-4)41-43-31-33-44(34-32-43)42-46(37-11-5,38-12-6)40-30-28-26-24-22-20-18-16-14-8-2;2*1-2(3)4/h31-34H,7-30,35-42H2,1-6H3;2*1H3,(H,3,4)/q+2;;/p-2. The molecule has 0 aromatic heterocycles. The lowest BCUT2D eigenvalue weighted by Gasteiger charge is -2.40. The van der Waals surface area contributed by atoms with Gasteiger partial charge in [-0.15, -0.1) is 0 Å². The van der Waals surface area contributed by atoms with Crippen LogP contribution in [0.25, 0.3) is 0 Å². The molecule has 6 nitrogen and oxygen atoms in total. The molecule has 54 heavy (non-hydrogen) atoms. The van der Waals surface area contributed by atoms with Crippen molar-refractivity contribution in [2.75, 3.05) is 39.3 Å². The number of aliphatic carboxylic acids is 2. The van der Waals surface area contributed by atoms with Crippen molar-refractivity contribution < 1.29 is 28.8 Å². The van der Waals surface area contributed by atoms with Crippen LogP contribution in [-0.4, -0.2) is 60.2 Å². The fraction of sp³-hybridized carbons (Fsp3) is 0.833. The van der Waals surface area contributed by atoms with E-state index in [-0.39, 0.29) is 0 Å². The highest BCUT2D eigenvalue weighted by atomic mass is 16.4. The molecule has 0 radical (unpaired) electrons. The molecule has 0 aliphatic heterocycles. The van der Waals surface area contributed by atoms with Crippen LogP contribution in [0.4, 0.5) is 0 Å². The van der Waals surface area contributed by atoms with Gasteiger partial charge < -0.3 is 28.8 Å². The summed E-state index contributed by atoms with van der Waals surface area (Å²) in [5.41, 5.74) is 3.13. The number of carbonyl (C=O) groups excluding carboxylic acids is 2. The lowest BCUT2D eigenvalue weighted by atomic mass is 10.0. The van der Waals surface area contributed by atoms with E-state index in [1.165, 1.54) is 215 Å². The molecule has 1 aromatic carbocycles. The average molecular weight is 761 g/mol. The zero-order chi connectivity index (χ0) is 40.8. The predicted octanol–water partition coefficient (Wildman–Crippen LogP) is 11.3. The van der Waals surface area contributed by atoms with Crippen molar-refractivity contribution in [1.82, 2.24) is 0 Å². The first-order chi connectivity index (χ1) is 26.0. The van der Waals surface area contributed by atoms with E-state index in [1.54, 1.807) is 11.1 Å². The van der Waals surface area contributed by atoms with Gasteiger partial charge in [0.15, 0.2) is 0 Å². The molecule has 0 amide bonds. The van der Waals surface area contributed by atoms with Gasteiger partial charge in [-0.25, -0.2) is 0 Å². The zero-order valence-electron chi connectivity index (χ0n) is 37.5. The number of rotatable bonds is 34. The second-order valence-corrected chi connectivity index (χ2v) is 16.5. The van der Waals surface area contributed by atoms with Crippen LogP contribution in [0, 0.1) is 0 Å². The van der Waals surface area contributed by atoms with E-state index in [1.807, 2.05) is 0 Å². The third-order valence-corrected chi connectivity index (χ3v) is 10.8. The van der Waals surface area contributed by atoms with Crippen LogP contribution >= 0.6 is 0 Å². The van der Waals surface area contributed by atoms with Crippen LogP contribution in [0.3, 0.4) is 0 Å². The van der Waals surface area contributed by atoms with E-state index in [0.717, 1.165) is 13.8 Å². The molecule has 0 aliphatic carbocycles. The summed E-state index contributed by atoms with van der Waals surface area (Å²) in [6, 6.07) is 10.1. The molecule has 0 spiro atoms.